The van der Waals surface area contributed by atoms with Gasteiger partial charge in [0.25, 0.3) is 0 Å². The van der Waals surface area contributed by atoms with Crippen LogP contribution in [0.5, 0.6) is 5.75 Å². The lowest BCUT2D eigenvalue weighted by Crippen LogP contribution is -2.63. The van der Waals surface area contributed by atoms with E-state index in [-0.39, 0.29) is 43.7 Å². The number of aliphatic hydroxyl groups is 4. The summed E-state index contributed by atoms with van der Waals surface area (Å²) in [5.41, 5.74) is 7.17. The minimum atomic E-state index is -1.94. The van der Waals surface area contributed by atoms with E-state index in [1.807, 2.05) is 0 Å². The van der Waals surface area contributed by atoms with Gasteiger partial charge in [-0.3, -0.25) is 67.1 Å². The fourth-order valence-corrected chi connectivity index (χ4v) is 11.6. The van der Waals surface area contributed by atoms with Crippen molar-refractivity contribution in [2.75, 3.05) is 54.5 Å². The van der Waals surface area contributed by atoms with Gasteiger partial charge in [-0.05, 0) is 68.4 Å². The van der Waals surface area contributed by atoms with Crippen molar-refractivity contribution in [2.45, 2.75) is 164 Å². The number of imidazole rings is 1. The molecule has 0 aliphatic carbocycles. The number of nitrogens with two attached hydrogens (primary N) is 1. The molecule has 14 atom stereocenters. The number of rotatable bonds is 39. The summed E-state index contributed by atoms with van der Waals surface area (Å²) in [6, 6.07) is 2.49. The van der Waals surface area contributed by atoms with Gasteiger partial charge >= 0.3 is 11.9 Å². The summed E-state index contributed by atoms with van der Waals surface area (Å²) < 4.78 is 0. The lowest BCUT2D eigenvalue weighted by atomic mass is 9.99. The quantitative estimate of drug-likeness (QED) is 0.0199. The maximum atomic E-state index is 15.2. The Labute approximate surface area is 611 Å². The molecule has 1 fully saturated rings. The van der Waals surface area contributed by atoms with Crippen molar-refractivity contribution >= 4 is 82.8 Å². The first-order chi connectivity index (χ1) is 50.0. The van der Waals surface area contributed by atoms with Gasteiger partial charge in [0.05, 0.1) is 50.4 Å². The molecule has 1 saturated heterocycles. The summed E-state index contributed by atoms with van der Waals surface area (Å²) >= 11 is 0. The number of nitrogens with zero attached hydrogens (tertiary/aromatic N) is 6. The van der Waals surface area contributed by atoms with E-state index in [2.05, 4.69) is 47.2 Å². The largest absolute Gasteiger partial charge is 0.508 e. The molecule has 0 unspecified atom stereocenters. The van der Waals surface area contributed by atoms with Gasteiger partial charge in [0.1, 0.15) is 78.3 Å². The number of likely N-dealkylation sites (tertiary alicyclic amines) is 1. The lowest BCUT2D eigenvalue weighted by molar-refractivity contribution is -0.151. The van der Waals surface area contributed by atoms with Gasteiger partial charge < -0.3 is 108 Å². The van der Waals surface area contributed by atoms with E-state index in [4.69, 9.17) is 5.73 Å². The van der Waals surface area contributed by atoms with Crippen LogP contribution in [-0.2, 0) is 92.8 Å². The molecule has 1 aliphatic rings. The van der Waals surface area contributed by atoms with E-state index in [1.165, 1.54) is 76.7 Å². The highest BCUT2D eigenvalue weighted by Crippen LogP contribution is 2.23. The average Bonchev–Trinajstić information content (AvgIpc) is 1.50. The van der Waals surface area contributed by atoms with Gasteiger partial charge in [0.15, 0.2) is 0 Å². The normalized spacial score (nSPS) is 16.3. The van der Waals surface area contributed by atoms with Crippen molar-refractivity contribution in [2.24, 2.45) is 11.7 Å². The molecule has 106 heavy (non-hydrogen) atoms. The molecule has 36 nitrogen and oxygen atoms in total. The number of aromatic amines is 1. The number of aliphatic hydroxyl groups excluding tert-OH is 4. The van der Waals surface area contributed by atoms with Crippen LogP contribution in [0.25, 0.3) is 0 Å². The Bertz CT molecular complexity index is 3700. The Kier molecular flexibility index (Phi) is 32.6. The molecule has 2 heterocycles. The Hall–Kier alpha value is -10.9. The predicted octanol–water partition coefficient (Wildman–Crippen LogP) is -4.98. The number of phenolic OH excluding ortho intramolecular Hbond substituents is 1. The van der Waals surface area contributed by atoms with Crippen molar-refractivity contribution in [3.63, 3.8) is 0 Å². The number of phenols is 1. The van der Waals surface area contributed by atoms with E-state index in [0.717, 1.165) is 28.7 Å². The zero-order valence-electron chi connectivity index (χ0n) is 60.3. The van der Waals surface area contributed by atoms with Crippen LogP contribution < -0.4 is 43.0 Å². The number of hydrogen-bond acceptors (Lipinski definition) is 21. The van der Waals surface area contributed by atoms with Crippen LogP contribution >= 0.6 is 0 Å². The number of H-pyrrole nitrogens is 1. The monoisotopic (exact) mass is 1480 g/mol. The summed E-state index contributed by atoms with van der Waals surface area (Å²) in [6.07, 6.45) is -2.18. The maximum Gasteiger partial charge on any atom is 0.325 e. The minimum absolute atomic E-state index is 0.0773. The van der Waals surface area contributed by atoms with Crippen molar-refractivity contribution in [3.8, 4) is 5.75 Å². The number of amides is 12. The molecule has 1 aromatic heterocycles. The number of aromatic nitrogens is 2. The summed E-state index contributed by atoms with van der Waals surface area (Å²) in [4.78, 5) is 206. The van der Waals surface area contributed by atoms with Crippen molar-refractivity contribution in [1.82, 2.24) is 71.7 Å². The van der Waals surface area contributed by atoms with Crippen LogP contribution in [0.1, 0.15) is 76.3 Å². The van der Waals surface area contributed by atoms with Gasteiger partial charge in [-0.2, -0.15) is 0 Å². The number of likely N-dealkylation sites (N-methyl/N-ethyl adjacent to an activating group) is 4. The van der Waals surface area contributed by atoms with E-state index in [1.54, 1.807) is 74.5 Å². The van der Waals surface area contributed by atoms with E-state index >= 15 is 4.79 Å². The molecule has 0 saturated carbocycles. The molecule has 17 N–H and O–H groups in total. The third-order valence-electron chi connectivity index (χ3n) is 17.9. The number of carbonyl (C=O) groups excluding carboxylic acids is 12. The fraction of sp³-hybridized carbons (Fsp3) is 0.500. The van der Waals surface area contributed by atoms with Gasteiger partial charge in [0.2, 0.25) is 70.9 Å². The Morgan fingerprint density at radius 1 is 0.557 bits per heavy atom. The topological polar surface area (TPSA) is 536 Å². The van der Waals surface area contributed by atoms with Crippen molar-refractivity contribution < 1.29 is 103 Å². The molecule has 0 bridgehead atoms. The smallest absolute Gasteiger partial charge is 0.325 e. The highest BCUT2D eigenvalue weighted by molar-refractivity contribution is 6.00. The van der Waals surface area contributed by atoms with Gasteiger partial charge in [-0.25, -0.2) is 4.98 Å². The number of benzene rings is 3. The van der Waals surface area contributed by atoms with Crippen molar-refractivity contribution in [3.05, 3.63) is 120 Å². The molecule has 0 spiro atoms. The van der Waals surface area contributed by atoms with Crippen LogP contribution in [0, 0.1) is 5.92 Å². The molecule has 578 valence electrons. The average molecular weight is 1480 g/mol. The second-order valence-electron chi connectivity index (χ2n) is 26.4. The molecule has 0 radical (unpaired) electrons. The van der Waals surface area contributed by atoms with E-state index in [9.17, 15) is 98.1 Å². The minimum Gasteiger partial charge on any atom is -0.508 e. The number of aromatic hydroxyl groups is 1. The SMILES string of the molecule is CC(C)[C@H](NC(=O)[C@@H](NC(=O)[C@H](Cc1ccc(O)cc1)NC(=O)[C@H](Cc1c[nH]cn1)NC(=O)[C@H](CO)N(C)C(=O)[C@H](CO)NC(=O)[C@H](Cc1ccccc1)N(C)C(=O)[C@H](Cc1ccccc1)N(C)C(=O)[C@H](CC(=O)O)NC(=O)CN(C)C(=O)[C@@H](N)[C@@H](C)O)[C@@H](C)O)C(=O)N1CCC[C@H]1C(=O)N[C@@H](C)C(=O)O. The van der Waals surface area contributed by atoms with E-state index in [0.29, 0.717) is 28.0 Å². The summed E-state index contributed by atoms with van der Waals surface area (Å²) in [7, 11) is 4.60. The first-order valence-corrected chi connectivity index (χ1v) is 34.1. The highest BCUT2D eigenvalue weighted by atomic mass is 16.4. The maximum absolute atomic E-state index is 15.2. The first-order valence-electron chi connectivity index (χ1n) is 34.1. The molecule has 5 rings (SSSR count). The van der Waals surface area contributed by atoms with E-state index < -0.39 is 206 Å². The third-order valence-corrected chi connectivity index (χ3v) is 17.9. The number of aliphatic carboxylic acids is 2. The highest BCUT2D eigenvalue weighted by Gasteiger charge is 2.44. The fourth-order valence-electron chi connectivity index (χ4n) is 11.6. The Morgan fingerprint density at radius 2 is 1.07 bits per heavy atom. The van der Waals surface area contributed by atoms with Crippen LogP contribution in [0.3, 0.4) is 0 Å². The third kappa shape index (κ3) is 24.3. The number of nitrogens with one attached hydrogen (secondary N) is 8. The van der Waals surface area contributed by atoms with Gasteiger partial charge in [0, 0.05) is 66.6 Å². The van der Waals surface area contributed by atoms with Crippen LogP contribution in [0.2, 0.25) is 0 Å². The predicted molar refractivity (Wildman–Crippen MR) is 376 cm³/mol. The summed E-state index contributed by atoms with van der Waals surface area (Å²) in [5.74, 6) is -15.8. The van der Waals surface area contributed by atoms with Gasteiger partial charge in [-0.15, -0.1) is 0 Å². The first kappa shape index (κ1) is 85.7. The second kappa shape index (κ2) is 40.4. The molecular formula is C70H97N15O21. The second-order valence-corrected chi connectivity index (χ2v) is 26.4. The van der Waals surface area contributed by atoms with Crippen molar-refractivity contribution in [1.29, 1.82) is 0 Å². The molecule has 12 amide bonds. The molecule has 36 heteroatoms. The Balaban J connectivity index is 1.40. The number of hydrogen-bond donors (Lipinski definition) is 16. The van der Waals surface area contributed by atoms with Crippen LogP contribution in [0.15, 0.2) is 97.5 Å². The number of carbonyl (C=O) groups is 14. The van der Waals surface area contributed by atoms with Crippen LogP contribution in [0.4, 0.5) is 0 Å². The summed E-state index contributed by atoms with van der Waals surface area (Å²) in [5, 5.41) is 89.2. The molecule has 1 aliphatic heterocycles. The van der Waals surface area contributed by atoms with Crippen LogP contribution in [-0.4, -0.2) is 292 Å². The zero-order valence-corrected chi connectivity index (χ0v) is 60.3. The van der Waals surface area contributed by atoms with Gasteiger partial charge in [-0.1, -0.05) is 86.6 Å². The molecule has 4 aromatic rings. The molecule has 3 aromatic carbocycles. The lowest BCUT2D eigenvalue weighted by Gasteiger charge is -2.36. The summed E-state index contributed by atoms with van der Waals surface area (Å²) in [6.45, 7) is 3.86. The standard InChI is InChI=1S/C70H97N15O21/c1-37(2)57(69(104)85-26-16-21-50(85)61(96)74-38(3)70(105)106)79-64(99)58(40(5)89)80-60(95)46(27-43-22-24-45(90)25-23-43)76-59(94)47(30-44-32-72-36-73-44)77-63(98)53(35-87)84(9)66(101)49(34-86)78-62(97)51(28-41-17-12-10-13-18-41)82(7)67(102)52(29-42-19-14-11-15-20-42)83(8)65(100)48(31-55(92)93)75-54(91)33-81(6)68(103)56(71)39(4)88/h10-15,17-20,22-25,32,36-40,46-53,56-58,86-90H,16,21,26-31,33-35,71H2,1-9H3,(H,72,73)(H,74,96)(H,75,91)(H,76,94)(H,77,98)(H,78,97)(H,79,99)(H,80,95)(H,92,93)(H,105,106)/t38-,39+,40+,46-,47-,48-,49-,50-,51-,52-,53-,56-,57-,58-/m0/s1. The number of carboxylic acid groups (broad SMARTS) is 2. The number of carboxylic acids is 2. The zero-order chi connectivity index (χ0) is 79.0. The molecular weight excluding hydrogens is 1390 g/mol. The Morgan fingerprint density at radius 3 is 1.59 bits per heavy atom.